The SMILES string of the molecule is CCC[N+]12C(=O)[C@H]([C@@H](C)O)[C@@H]1[C@@](C)(OC(=O)OC1CCCCC1)C(c1cn3cnc(S(C)(=O)=O)c3s1)=C2C(=O)[O-]. The number of thiazole rings is 1. The van der Waals surface area contributed by atoms with Gasteiger partial charge in [0, 0.05) is 12.5 Å². The van der Waals surface area contributed by atoms with E-state index in [4.69, 9.17) is 9.47 Å². The fourth-order valence-corrected chi connectivity index (χ4v) is 9.27. The molecule has 1 N–H and O–H groups in total. The first-order valence-electron chi connectivity index (χ1n) is 13.4. The van der Waals surface area contributed by atoms with Crippen LogP contribution in [0, 0.1) is 5.92 Å². The Hall–Kier alpha value is -2.81. The van der Waals surface area contributed by atoms with Gasteiger partial charge in [0.1, 0.15) is 23.2 Å². The maximum Gasteiger partial charge on any atom is 0.509 e. The molecule has 1 saturated heterocycles. The van der Waals surface area contributed by atoms with Crippen LogP contribution in [0.4, 0.5) is 4.79 Å². The van der Waals surface area contributed by atoms with Crippen molar-refractivity contribution in [3.8, 4) is 0 Å². The molecule has 5 atom stereocenters. The van der Waals surface area contributed by atoms with E-state index in [1.165, 1.54) is 30.8 Å². The van der Waals surface area contributed by atoms with E-state index in [-0.39, 0.29) is 38.7 Å². The van der Waals surface area contributed by atoms with Gasteiger partial charge >= 0.3 is 12.1 Å². The highest BCUT2D eigenvalue weighted by atomic mass is 32.2. The molecule has 0 spiro atoms. The number of carbonyl (C=O) groups excluding carboxylic acids is 3. The summed E-state index contributed by atoms with van der Waals surface area (Å²) >= 11 is 0.957. The summed E-state index contributed by atoms with van der Waals surface area (Å²) in [6, 6.07) is -0.962. The molecular weight excluding hydrogens is 562 g/mol. The number of sulfone groups is 1. The normalized spacial score (nSPS) is 29.8. The number of ether oxygens (including phenoxy) is 2. The quantitative estimate of drug-likeness (QED) is 0.270. The Morgan fingerprint density at radius 1 is 1.32 bits per heavy atom. The Kier molecular flexibility index (Phi) is 7.12. The average molecular weight is 596 g/mol. The van der Waals surface area contributed by atoms with E-state index in [2.05, 4.69) is 4.98 Å². The zero-order valence-corrected chi connectivity index (χ0v) is 24.4. The predicted molar refractivity (Wildman–Crippen MR) is 140 cm³/mol. The number of rotatable bonds is 8. The van der Waals surface area contributed by atoms with Gasteiger partial charge in [-0.05, 0) is 46.0 Å². The van der Waals surface area contributed by atoms with Crippen molar-refractivity contribution < 1.29 is 47.0 Å². The molecule has 4 heterocycles. The number of hydrogen-bond donors (Lipinski definition) is 1. The number of nitrogens with zero attached hydrogens (tertiary/aromatic N) is 3. The minimum atomic E-state index is -3.71. The van der Waals surface area contributed by atoms with Gasteiger partial charge in [-0.1, -0.05) is 13.3 Å². The Morgan fingerprint density at radius 3 is 2.58 bits per heavy atom. The third-order valence-corrected chi connectivity index (χ3v) is 10.6. The number of fused-ring (bicyclic) bond motifs is 2. The highest BCUT2D eigenvalue weighted by molar-refractivity contribution is 7.91. The van der Waals surface area contributed by atoms with Crippen molar-refractivity contribution in [3.63, 3.8) is 0 Å². The third kappa shape index (κ3) is 4.18. The molecule has 40 heavy (non-hydrogen) atoms. The van der Waals surface area contributed by atoms with Gasteiger partial charge in [-0.3, -0.25) is 4.40 Å². The number of β-lactam (4-membered cyclic amide) rings is 1. The van der Waals surface area contributed by atoms with E-state index in [0.29, 0.717) is 19.3 Å². The minimum Gasteiger partial charge on any atom is -0.540 e. The number of carbonyl (C=O) groups is 3. The van der Waals surface area contributed by atoms with Gasteiger partial charge in [0.25, 0.3) is 0 Å². The summed E-state index contributed by atoms with van der Waals surface area (Å²) in [5, 5.41) is 23.3. The summed E-state index contributed by atoms with van der Waals surface area (Å²) in [5.41, 5.74) is -2.07. The molecule has 5 rings (SSSR count). The molecule has 2 aliphatic heterocycles. The first kappa shape index (κ1) is 28.7. The van der Waals surface area contributed by atoms with Gasteiger partial charge in [0.15, 0.2) is 38.1 Å². The number of aliphatic hydroxyl groups is 1. The molecule has 12 nitrogen and oxygen atoms in total. The second kappa shape index (κ2) is 9.93. The minimum absolute atomic E-state index is 0.0243. The lowest BCUT2D eigenvalue weighted by Crippen LogP contribution is -2.79. The number of imidazole rings is 1. The summed E-state index contributed by atoms with van der Waals surface area (Å²) in [6.45, 7) is 4.85. The number of amides is 1. The molecule has 0 radical (unpaired) electrons. The van der Waals surface area contributed by atoms with E-state index < -0.39 is 56.0 Å². The molecule has 1 amide bonds. The van der Waals surface area contributed by atoms with Crippen LogP contribution in [-0.2, 0) is 28.9 Å². The van der Waals surface area contributed by atoms with Crippen LogP contribution in [0.1, 0.15) is 64.2 Å². The summed E-state index contributed by atoms with van der Waals surface area (Å²) in [4.78, 5) is 44.3. The lowest BCUT2D eigenvalue weighted by Gasteiger charge is -2.54. The van der Waals surface area contributed by atoms with Crippen LogP contribution in [0.3, 0.4) is 0 Å². The molecule has 14 heteroatoms. The first-order valence-corrected chi connectivity index (χ1v) is 16.1. The average Bonchev–Trinajstić information content (AvgIpc) is 3.48. The van der Waals surface area contributed by atoms with Crippen molar-refractivity contribution in [2.75, 3.05) is 12.8 Å². The van der Waals surface area contributed by atoms with E-state index >= 15 is 0 Å². The zero-order chi connectivity index (χ0) is 29.2. The number of aliphatic hydroxyl groups excluding tert-OH is 1. The lowest BCUT2D eigenvalue weighted by atomic mass is 9.72. The van der Waals surface area contributed by atoms with Crippen LogP contribution >= 0.6 is 11.3 Å². The number of aromatic nitrogens is 2. The van der Waals surface area contributed by atoms with Crippen molar-refractivity contribution >= 4 is 49.6 Å². The molecule has 3 aliphatic rings. The monoisotopic (exact) mass is 595 g/mol. The molecule has 2 aromatic rings. The molecule has 218 valence electrons. The van der Waals surface area contributed by atoms with Crippen molar-refractivity contribution in [2.24, 2.45) is 5.92 Å². The third-order valence-electron chi connectivity index (χ3n) is 8.37. The van der Waals surface area contributed by atoms with Gasteiger partial charge in [-0.15, -0.1) is 11.3 Å². The molecule has 2 fully saturated rings. The van der Waals surface area contributed by atoms with Crippen LogP contribution in [0.25, 0.3) is 10.4 Å². The van der Waals surface area contributed by atoms with Crippen LogP contribution in [-0.4, -0.2) is 82.1 Å². The summed E-state index contributed by atoms with van der Waals surface area (Å²) in [5.74, 6) is -3.14. The highest BCUT2D eigenvalue weighted by Gasteiger charge is 2.79. The van der Waals surface area contributed by atoms with Crippen molar-refractivity contribution in [1.29, 1.82) is 0 Å². The van der Waals surface area contributed by atoms with Crippen molar-refractivity contribution in [3.05, 3.63) is 23.1 Å². The van der Waals surface area contributed by atoms with Crippen LogP contribution in [0.5, 0.6) is 0 Å². The van der Waals surface area contributed by atoms with Crippen LogP contribution < -0.4 is 5.11 Å². The summed E-state index contributed by atoms with van der Waals surface area (Å²) in [7, 11) is -3.71. The highest BCUT2D eigenvalue weighted by Crippen LogP contribution is 2.60. The number of hydrogen-bond acceptors (Lipinski definition) is 11. The van der Waals surface area contributed by atoms with Gasteiger partial charge in [0.05, 0.1) is 23.1 Å². The van der Waals surface area contributed by atoms with E-state index in [1.54, 1.807) is 6.92 Å². The molecule has 1 saturated carbocycles. The Labute approximate surface area is 235 Å². The maximum absolute atomic E-state index is 13.7. The van der Waals surface area contributed by atoms with Gasteiger partial charge in [-0.25, -0.2) is 27.5 Å². The fraction of sp³-hybridized carbons (Fsp3) is 0.615. The number of carboxylic acid groups (broad SMARTS) is 1. The largest absolute Gasteiger partial charge is 0.540 e. The van der Waals surface area contributed by atoms with E-state index in [9.17, 15) is 33.0 Å². The van der Waals surface area contributed by atoms with E-state index in [0.717, 1.165) is 36.9 Å². The maximum atomic E-state index is 13.7. The number of carboxylic acids is 1. The lowest BCUT2D eigenvalue weighted by molar-refractivity contribution is -0.878. The molecule has 0 bridgehead atoms. The Bertz CT molecular complexity index is 1520. The predicted octanol–water partition coefficient (Wildman–Crippen LogP) is 1.65. The molecule has 0 aromatic carbocycles. The summed E-state index contributed by atoms with van der Waals surface area (Å²) < 4.78 is 37.1. The number of aliphatic carboxylic acids is 1. The smallest absolute Gasteiger partial charge is 0.509 e. The zero-order valence-electron chi connectivity index (χ0n) is 22.8. The molecule has 1 aliphatic carbocycles. The van der Waals surface area contributed by atoms with Gasteiger partial charge < -0.3 is 24.5 Å². The number of quaternary nitrogens is 1. The summed E-state index contributed by atoms with van der Waals surface area (Å²) in [6.07, 6.45) is 5.98. The second-order valence-corrected chi connectivity index (χ2v) is 14.1. The second-order valence-electron chi connectivity index (χ2n) is 11.1. The standard InChI is InChI=1S/C26H33N3O9S2/c1-5-11-29-19(24(32)33)18(16-12-28-13-27-21(22(28)39-16)40(4,35)36)26(3,20(29)17(14(2)30)23(29)31)38-25(34)37-15-9-7-6-8-10-15/h12-15,17,20,30H,5-11H2,1-4H3/t14-,17-,20-,26+,29?/m1/s1. The fourth-order valence-electron chi connectivity index (χ4n) is 6.91. The topological polar surface area (TPSA) is 164 Å². The van der Waals surface area contributed by atoms with Crippen LogP contribution in [0.15, 0.2) is 23.2 Å². The Morgan fingerprint density at radius 2 is 2.00 bits per heavy atom. The Balaban J connectivity index is 1.71. The van der Waals surface area contributed by atoms with Gasteiger partial charge in [0.2, 0.25) is 0 Å². The van der Waals surface area contributed by atoms with Crippen LogP contribution in [0.2, 0.25) is 0 Å². The molecule has 2 aromatic heterocycles. The first-order chi connectivity index (χ1) is 18.8. The van der Waals surface area contributed by atoms with Gasteiger partial charge in [-0.2, -0.15) is 0 Å². The van der Waals surface area contributed by atoms with Crippen molar-refractivity contribution in [1.82, 2.24) is 9.38 Å². The van der Waals surface area contributed by atoms with Crippen molar-refractivity contribution in [2.45, 2.75) is 88.2 Å². The van der Waals surface area contributed by atoms with E-state index in [1.807, 2.05) is 0 Å². The molecular formula is C26H33N3O9S2. The molecule has 1 unspecified atom stereocenters.